The third-order valence-electron chi connectivity index (χ3n) is 4.34. The number of benzene rings is 2. The van der Waals surface area contributed by atoms with Gasteiger partial charge in [-0.1, -0.05) is 18.2 Å². The molecule has 168 valence electrons. The molecule has 0 radical (unpaired) electrons. The summed E-state index contributed by atoms with van der Waals surface area (Å²) in [7, 11) is 0. The van der Waals surface area contributed by atoms with Gasteiger partial charge in [-0.2, -0.15) is 17.6 Å². The molecule has 1 N–H and O–H groups in total. The summed E-state index contributed by atoms with van der Waals surface area (Å²) in [6.07, 6.45) is 3.06. The van der Waals surface area contributed by atoms with Crippen LogP contribution in [0.1, 0.15) is 11.1 Å². The first-order valence-corrected chi connectivity index (χ1v) is 9.32. The third kappa shape index (κ3) is 6.34. The van der Waals surface area contributed by atoms with E-state index in [1.54, 1.807) is 47.6 Å². The Labute approximate surface area is 180 Å². The largest absolute Gasteiger partial charge is 0.481 e. The lowest BCUT2D eigenvalue weighted by Gasteiger charge is -2.26. The average Bonchev–Trinajstić information content (AvgIpc) is 2.74. The Morgan fingerprint density at radius 3 is 2.16 bits per heavy atom. The van der Waals surface area contributed by atoms with Gasteiger partial charge < -0.3 is 19.5 Å². The van der Waals surface area contributed by atoms with E-state index in [0.717, 1.165) is 11.6 Å². The zero-order chi connectivity index (χ0) is 23.1. The number of halogens is 4. The summed E-state index contributed by atoms with van der Waals surface area (Å²) in [6, 6.07) is 13.9. The molecule has 0 aliphatic rings. The van der Waals surface area contributed by atoms with Crippen molar-refractivity contribution in [3.8, 4) is 11.5 Å². The maximum atomic E-state index is 12.9. The minimum atomic E-state index is -3.24. The van der Waals surface area contributed by atoms with E-state index in [0.29, 0.717) is 16.9 Å². The van der Waals surface area contributed by atoms with Gasteiger partial charge in [-0.25, -0.2) is 0 Å². The topological polar surface area (TPSA) is 71.9 Å². The summed E-state index contributed by atoms with van der Waals surface area (Å²) in [5.41, 5.74) is 2.32. The first kappa shape index (κ1) is 22.9. The number of carbonyl (C=O) groups is 1. The number of alkyl halides is 4. The van der Waals surface area contributed by atoms with Crippen molar-refractivity contribution >= 4 is 17.3 Å². The first-order valence-electron chi connectivity index (χ1n) is 9.32. The Morgan fingerprint density at radius 2 is 1.56 bits per heavy atom. The van der Waals surface area contributed by atoms with Crippen LogP contribution in [0.3, 0.4) is 0 Å². The summed E-state index contributed by atoms with van der Waals surface area (Å²) in [5.74, 6) is -2.05. The van der Waals surface area contributed by atoms with Gasteiger partial charge in [-0.15, -0.1) is 0 Å². The fourth-order valence-corrected chi connectivity index (χ4v) is 3.02. The van der Waals surface area contributed by atoms with Gasteiger partial charge in [-0.05, 0) is 41.5 Å². The second-order valence-electron chi connectivity index (χ2n) is 6.57. The number of nitrogens with zero attached hydrogens (tertiary/aromatic N) is 2. The van der Waals surface area contributed by atoms with Crippen molar-refractivity contribution in [1.82, 2.24) is 4.98 Å². The second-order valence-corrected chi connectivity index (χ2v) is 6.57. The van der Waals surface area contributed by atoms with Crippen molar-refractivity contribution < 1.29 is 36.9 Å². The van der Waals surface area contributed by atoms with E-state index in [1.807, 2.05) is 6.07 Å². The van der Waals surface area contributed by atoms with Crippen LogP contribution in [0.15, 0.2) is 67.0 Å². The highest BCUT2D eigenvalue weighted by Gasteiger charge is 2.19. The molecule has 0 saturated carbocycles. The summed E-state index contributed by atoms with van der Waals surface area (Å²) in [6.45, 7) is -6.20. The molecule has 1 aromatic heterocycles. The number of anilines is 2. The van der Waals surface area contributed by atoms with Crippen LogP contribution in [-0.2, 0) is 17.8 Å². The van der Waals surface area contributed by atoms with Gasteiger partial charge in [0.2, 0.25) is 0 Å². The van der Waals surface area contributed by atoms with E-state index >= 15 is 0 Å². The number of hydrogen-bond donors (Lipinski definition) is 1. The molecule has 10 heteroatoms. The minimum Gasteiger partial charge on any atom is -0.481 e. The van der Waals surface area contributed by atoms with Crippen molar-refractivity contribution in [1.29, 1.82) is 0 Å². The molecule has 32 heavy (non-hydrogen) atoms. The summed E-state index contributed by atoms with van der Waals surface area (Å²) >= 11 is 0. The van der Waals surface area contributed by atoms with Gasteiger partial charge in [0.25, 0.3) is 0 Å². The maximum absolute atomic E-state index is 12.9. The Hall–Kier alpha value is -3.82. The van der Waals surface area contributed by atoms with Crippen molar-refractivity contribution in [3.63, 3.8) is 0 Å². The lowest BCUT2D eigenvalue weighted by molar-refractivity contribution is -0.136. The van der Waals surface area contributed by atoms with Crippen LogP contribution in [0.25, 0.3) is 0 Å². The van der Waals surface area contributed by atoms with Crippen LogP contribution < -0.4 is 14.4 Å². The molecule has 0 unspecified atom stereocenters. The van der Waals surface area contributed by atoms with Crippen molar-refractivity contribution in [2.24, 2.45) is 0 Å². The molecule has 0 bridgehead atoms. The standard InChI is InChI=1S/C22H18F4N2O4/c23-21(24)31-18-8-7-17(11-19(18)32-22(25)26)28(13-15-2-1-9-27-12-15)16-5-3-14(4-6-16)10-20(29)30/h1-9,11-12,21-22H,10,13H2,(H,29,30). The average molecular weight is 450 g/mol. The number of ether oxygens (including phenoxy) is 2. The molecule has 0 fully saturated rings. The molecule has 0 atom stereocenters. The Bertz CT molecular complexity index is 1030. The lowest BCUT2D eigenvalue weighted by atomic mass is 10.1. The maximum Gasteiger partial charge on any atom is 0.387 e. The van der Waals surface area contributed by atoms with E-state index in [-0.39, 0.29) is 13.0 Å². The minimum absolute atomic E-state index is 0.158. The molecular weight excluding hydrogens is 432 g/mol. The molecule has 0 aliphatic heterocycles. The zero-order valence-electron chi connectivity index (χ0n) is 16.5. The van der Waals surface area contributed by atoms with Gasteiger partial charge in [0.15, 0.2) is 11.5 Å². The van der Waals surface area contributed by atoms with Gasteiger partial charge >= 0.3 is 19.2 Å². The molecule has 6 nitrogen and oxygen atoms in total. The second kappa shape index (κ2) is 10.5. The molecule has 3 rings (SSSR count). The van der Waals surface area contributed by atoms with Gasteiger partial charge in [0, 0.05) is 36.4 Å². The van der Waals surface area contributed by atoms with Crippen LogP contribution in [-0.4, -0.2) is 29.3 Å². The number of rotatable bonds is 10. The van der Waals surface area contributed by atoms with Crippen molar-refractivity contribution in [3.05, 3.63) is 78.1 Å². The van der Waals surface area contributed by atoms with Crippen LogP contribution in [0, 0.1) is 0 Å². The molecule has 1 heterocycles. The number of aliphatic carboxylic acids is 1. The predicted molar refractivity (Wildman–Crippen MR) is 108 cm³/mol. The zero-order valence-corrected chi connectivity index (χ0v) is 16.5. The van der Waals surface area contributed by atoms with E-state index in [2.05, 4.69) is 14.5 Å². The molecule has 0 saturated heterocycles. The highest BCUT2D eigenvalue weighted by atomic mass is 19.3. The molecule has 3 aromatic rings. The Balaban J connectivity index is 2.01. The Kier molecular flexibility index (Phi) is 7.48. The fourth-order valence-electron chi connectivity index (χ4n) is 3.02. The van der Waals surface area contributed by atoms with E-state index in [1.165, 1.54) is 12.1 Å². The van der Waals surface area contributed by atoms with Gasteiger partial charge in [-0.3, -0.25) is 9.78 Å². The van der Waals surface area contributed by atoms with Crippen LogP contribution >= 0.6 is 0 Å². The molecule has 0 amide bonds. The lowest BCUT2D eigenvalue weighted by Crippen LogP contribution is -2.17. The highest BCUT2D eigenvalue weighted by Crippen LogP contribution is 2.37. The van der Waals surface area contributed by atoms with Crippen molar-refractivity contribution in [2.45, 2.75) is 26.2 Å². The summed E-state index contributed by atoms with van der Waals surface area (Å²) in [5, 5.41) is 8.95. The number of aromatic nitrogens is 1. The van der Waals surface area contributed by atoms with E-state index in [4.69, 9.17) is 5.11 Å². The third-order valence-corrected chi connectivity index (χ3v) is 4.34. The smallest absolute Gasteiger partial charge is 0.387 e. The normalized spacial score (nSPS) is 10.9. The molecule has 2 aromatic carbocycles. The van der Waals surface area contributed by atoms with Crippen molar-refractivity contribution in [2.75, 3.05) is 4.90 Å². The van der Waals surface area contributed by atoms with Gasteiger partial charge in [0.1, 0.15) is 0 Å². The first-order chi connectivity index (χ1) is 15.3. The predicted octanol–water partition coefficient (Wildman–Crippen LogP) is 5.25. The van der Waals surface area contributed by atoms with E-state index in [9.17, 15) is 22.4 Å². The Morgan fingerprint density at radius 1 is 0.906 bits per heavy atom. The number of carboxylic acids is 1. The number of pyridine rings is 1. The quantitative estimate of drug-likeness (QED) is 0.426. The number of hydrogen-bond acceptors (Lipinski definition) is 5. The summed E-state index contributed by atoms with van der Waals surface area (Å²) < 4.78 is 59.7. The SMILES string of the molecule is O=C(O)Cc1ccc(N(Cc2cccnc2)c2ccc(OC(F)F)c(OC(F)F)c2)cc1. The van der Waals surface area contributed by atoms with Gasteiger partial charge in [0.05, 0.1) is 6.42 Å². The molecular formula is C22H18F4N2O4. The molecule has 0 spiro atoms. The van der Waals surface area contributed by atoms with E-state index < -0.39 is 30.7 Å². The van der Waals surface area contributed by atoms with Crippen LogP contribution in [0.5, 0.6) is 11.5 Å². The van der Waals surface area contributed by atoms with Crippen LogP contribution in [0.4, 0.5) is 28.9 Å². The highest BCUT2D eigenvalue weighted by molar-refractivity contribution is 5.71. The molecule has 0 aliphatic carbocycles. The monoisotopic (exact) mass is 450 g/mol. The summed E-state index contributed by atoms with van der Waals surface area (Å²) in [4.78, 5) is 16.7. The van der Waals surface area contributed by atoms with Crippen LogP contribution in [0.2, 0.25) is 0 Å². The fraction of sp³-hybridized carbons (Fsp3) is 0.182. The number of carboxylic acid groups (broad SMARTS) is 1.